The standard InChI is InChI=1S/C15H21BrN2/c1-12-10-13(16)14(17-11-12)18-8-6-15(7-9-18)4-2-3-5-15/h10-11H,2-9H2,1H3. The van der Waals surface area contributed by atoms with E-state index in [1.165, 1.54) is 57.2 Å². The largest absolute Gasteiger partial charge is 0.356 e. The number of piperidine rings is 1. The van der Waals surface area contributed by atoms with E-state index < -0.39 is 0 Å². The van der Waals surface area contributed by atoms with Gasteiger partial charge in [0, 0.05) is 19.3 Å². The Balaban J connectivity index is 1.72. The topological polar surface area (TPSA) is 16.1 Å². The van der Waals surface area contributed by atoms with Crippen molar-refractivity contribution < 1.29 is 0 Å². The zero-order chi connectivity index (χ0) is 12.6. The van der Waals surface area contributed by atoms with Gasteiger partial charge in [0.1, 0.15) is 5.82 Å². The first kappa shape index (κ1) is 12.5. The van der Waals surface area contributed by atoms with Gasteiger partial charge < -0.3 is 4.90 Å². The van der Waals surface area contributed by atoms with E-state index in [4.69, 9.17) is 0 Å². The molecule has 3 rings (SSSR count). The number of nitrogens with zero attached hydrogens (tertiary/aromatic N) is 2. The summed E-state index contributed by atoms with van der Waals surface area (Å²) in [4.78, 5) is 7.05. The van der Waals surface area contributed by atoms with Crippen LogP contribution in [0.2, 0.25) is 0 Å². The van der Waals surface area contributed by atoms with Crippen molar-refractivity contribution in [2.24, 2.45) is 5.41 Å². The van der Waals surface area contributed by atoms with Crippen LogP contribution in [0, 0.1) is 12.3 Å². The number of halogens is 1. The molecule has 0 unspecified atom stereocenters. The van der Waals surface area contributed by atoms with E-state index in [1.54, 1.807) is 0 Å². The van der Waals surface area contributed by atoms with Crippen molar-refractivity contribution in [2.75, 3.05) is 18.0 Å². The molecule has 2 fully saturated rings. The third kappa shape index (κ3) is 2.29. The van der Waals surface area contributed by atoms with Gasteiger partial charge in [0.25, 0.3) is 0 Å². The van der Waals surface area contributed by atoms with Crippen LogP contribution in [-0.2, 0) is 0 Å². The van der Waals surface area contributed by atoms with Crippen LogP contribution in [0.1, 0.15) is 44.1 Å². The van der Waals surface area contributed by atoms with Crippen LogP contribution in [0.25, 0.3) is 0 Å². The van der Waals surface area contributed by atoms with Crippen LogP contribution in [0.15, 0.2) is 16.7 Å². The third-order valence-electron chi connectivity index (χ3n) is 4.75. The number of aryl methyl sites for hydroxylation is 1. The first-order chi connectivity index (χ1) is 8.69. The lowest BCUT2D eigenvalue weighted by atomic mass is 9.77. The maximum atomic E-state index is 4.60. The van der Waals surface area contributed by atoms with Gasteiger partial charge in [0.15, 0.2) is 0 Å². The molecular weight excluding hydrogens is 288 g/mol. The lowest BCUT2D eigenvalue weighted by molar-refractivity contribution is 0.226. The molecule has 0 amide bonds. The zero-order valence-corrected chi connectivity index (χ0v) is 12.7. The number of aromatic nitrogens is 1. The molecule has 1 saturated carbocycles. The predicted octanol–water partition coefficient (Wildman–Crippen LogP) is 4.31. The van der Waals surface area contributed by atoms with E-state index in [-0.39, 0.29) is 0 Å². The Morgan fingerprint density at radius 1 is 1.17 bits per heavy atom. The summed E-state index contributed by atoms with van der Waals surface area (Å²) in [5.74, 6) is 1.13. The molecule has 0 N–H and O–H groups in total. The number of pyridine rings is 1. The maximum absolute atomic E-state index is 4.60. The highest BCUT2D eigenvalue weighted by Gasteiger charge is 2.37. The summed E-state index contributed by atoms with van der Waals surface area (Å²) in [5.41, 5.74) is 1.91. The second-order valence-electron chi connectivity index (χ2n) is 6.01. The summed E-state index contributed by atoms with van der Waals surface area (Å²) < 4.78 is 1.14. The molecule has 1 aromatic heterocycles. The van der Waals surface area contributed by atoms with Crippen molar-refractivity contribution in [1.29, 1.82) is 0 Å². The van der Waals surface area contributed by atoms with E-state index in [9.17, 15) is 0 Å². The van der Waals surface area contributed by atoms with E-state index in [2.05, 4.69) is 38.8 Å². The van der Waals surface area contributed by atoms with Gasteiger partial charge in [-0.25, -0.2) is 4.98 Å². The SMILES string of the molecule is Cc1cnc(N2CCC3(CCCC3)CC2)c(Br)c1. The summed E-state index contributed by atoms with van der Waals surface area (Å²) in [6, 6.07) is 2.17. The number of anilines is 1. The number of hydrogen-bond acceptors (Lipinski definition) is 2. The Kier molecular flexibility index (Phi) is 3.35. The summed E-state index contributed by atoms with van der Waals surface area (Å²) in [6.45, 7) is 4.44. The van der Waals surface area contributed by atoms with Gasteiger partial charge in [-0.3, -0.25) is 0 Å². The van der Waals surface area contributed by atoms with Gasteiger partial charge in [-0.1, -0.05) is 12.8 Å². The Hall–Kier alpha value is -0.570. The van der Waals surface area contributed by atoms with Gasteiger partial charge in [0.2, 0.25) is 0 Å². The van der Waals surface area contributed by atoms with E-state index in [0.717, 1.165) is 10.3 Å². The third-order valence-corrected chi connectivity index (χ3v) is 5.33. The summed E-state index contributed by atoms with van der Waals surface area (Å²) in [6.07, 6.45) is 10.5. The Morgan fingerprint density at radius 3 is 2.44 bits per heavy atom. The molecule has 1 spiro atoms. The minimum absolute atomic E-state index is 0.688. The monoisotopic (exact) mass is 308 g/mol. The van der Waals surface area contributed by atoms with Crippen molar-refractivity contribution in [1.82, 2.24) is 4.98 Å². The molecule has 1 aromatic rings. The van der Waals surface area contributed by atoms with Crippen molar-refractivity contribution in [3.8, 4) is 0 Å². The smallest absolute Gasteiger partial charge is 0.142 e. The van der Waals surface area contributed by atoms with Crippen molar-refractivity contribution in [3.63, 3.8) is 0 Å². The fourth-order valence-electron chi connectivity index (χ4n) is 3.58. The summed E-state index contributed by atoms with van der Waals surface area (Å²) in [7, 11) is 0. The molecule has 98 valence electrons. The van der Waals surface area contributed by atoms with Crippen LogP contribution >= 0.6 is 15.9 Å². The lowest BCUT2D eigenvalue weighted by Crippen LogP contribution is -2.39. The highest BCUT2D eigenvalue weighted by molar-refractivity contribution is 9.10. The van der Waals surface area contributed by atoms with Crippen LogP contribution in [0.4, 0.5) is 5.82 Å². The molecule has 0 atom stereocenters. The molecular formula is C15H21BrN2. The molecule has 1 saturated heterocycles. The lowest BCUT2D eigenvalue weighted by Gasteiger charge is -2.40. The molecule has 0 bridgehead atoms. The molecule has 1 aliphatic heterocycles. The second-order valence-corrected chi connectivity index (χ2v) is 6.87. The molecule has 3 heteroatoms. The Labute approximate surface area is 118 Å². The van der Waals surface area contributed by atoms with E-state index in [0.29, 0.717) is 5.41 Å². The van der Waals surface area contributed by atoms with Crippen LogP contribution in [0.3, 0.4) is 0 Å². The predicted molar refractivity (Wildman–Crippen MR) is 79.0 cm³/mol. The molecule has 0 aromatic carbocycles. The van der Waals surface area contributed by atoms with Crippen molar-refractivity contribution in [3.05, 3.63) is 22.3 Å². The number of rotatable bonds is 1. The molecule has 1 aliphatic carbocycles. The normalized spacial score (nSPS) is 22.7. The quantitative estimate of drug-likeness (QED) is 0.768. The van der Waals surface area contributed by atoms with E-state index in [1.807, 2.05) is 6.20 Å². The molecule has 2 heterocycles. The van der Waals surface area contributed by atoms with Crippen LogP contribution in [-0.4, -0.2) is 18.1 Å². The first-order valence-electron chi connectivity index (χ1n) is 7.06. The van der Waals surface area contributed by atoms with Crippen molar-refractivity contribution in [2.45, 2.75) is 45.4 Å². The summed E-state index contributed by atoms with van der Waals surface area (Å²) >= 11 is 3.65. The minimum Gasteiger partial charge on any atom is -0.356 e. The Morgan fingerprint density at radius 2 is 1.83 bits per heavy atom. The number of hydrogen-bond donors (Lipinski definition) is 0. The van der Waals surface area contributed by atoms with Crippen LogP contribution < -0.4 is 4.90 Å². The zero-order valence-electron chi connectivity index (χ0n) is 11.1. The average Bonchev–Trinajstić information content (AvgIpc) is 2.80. The van der Waals surface area contributed by atoms with Gasteiger partial charge in [-0.15, -0.1) is 0 Å². The van der Waals surface area contributed by atoms with E-state index >= 15 is 0 Å². The van der Waals surface area contributed by atoms with Crippen molar-refractivity contribution >= 4 is 21.7 Å². The highest BCUT2D eigenvalue weighted by Crippen LogP contribution is 2.46. The molecule has 2 nitrogen and oxygen atoms in total. The first-order valence-corrected chi connectivity index (χ1v) is 7.85. The van der Waals surface area contributed by atoms with Gasteiger partial charge in [-0.05, 0) is 65.6 Å². The second kappa shape index (κ2) is 4.84. The van der Waals surface area contributed by atoms with Crippen LogP contribution in [0.5, 0.6) is 0 Å². The molecule has 0 radical (unpaired) electrons. The molecule has 2 aliphatic rings. The minimum atomic E-state index is 0.688. The Bertz CT molecular complexity index is 428. The van der Waals surface area contributed by atoms with Gasteiger partial charge in [0.05, 0.1) is 4.47 Å². The van der Waals surface area contributed by atoms with Gasteiger partial charge in [-0.2, -0.15) is 0 Å². The summed E-state index contributed by atoms with van der Waals surface area (Å²) in [5, 5.41) is 0. The fraction of sp³-hybridized carbons (Fsp3) is 0.667. The maximum Gasteiger partial charge on any atom is 0.142 e. The highest BCUT2D eigenvalue weighted by atomic mass is 79.9. The van der Waals surface area contributed by atoms with Gasteiger partial charge >= 0.3 is 0 Å². The molecule has 18 heavy (non-hydrogen) atoms. The average molecular weight is 309 g/mol. The fourth-order valence-corrected chi connectivity index (χ4v) is 4.29.